The van der Waals surface area contributed by atoms with Gasteiger partial charge in [-0.15, -0.1) is 35.3 Å². The number of aliphatic imine (C=N–C) groups is 1. The molecule has 29 heavy (non-hydrogen) atoms. The molecule has 1 aliphatic heterocycles. The topological polar surface area (TPSA) is 43.3 Å². The van der Waals surface area contributed by atoms with Crippen LogP contribution in [0.5, 0.6) is 5.75 Å². The fourth-order valence-electron chi connectivity index (χ4n) is 3.56. The van der Waals surface area contributed by atoms with Gasteiger partial charge in [0.1, 0.15) is 5.75 Å². The first-order chi connectivity index (χ1) is 13.6. The summed E-state index contributed by atoms with van der Waals surface area (Å²) in [6, 6.07) is 12.8. The standard InChI is InChI=1S/C21H31N5OS.HI/c1-22-21(26-12-10-25(11-13-26)20-9-6-14-28-20)23-16-19(24(2)3)17-7-5-8-18(15-17)27-4;/h5-9,14-15,19H,10-13,16H2,1-4H3,(H,22,23);1H. The summed E-state index contributed by atoms with van der Waals surface area (Å²) < 4.78 is 5.39. The van der Waals surface area contributed by atoms with Crippen molar-refractivity contribution in [2.75, 3.05) is 65.9 Å². The van der Waals surface area contributed by atoms with Gasteiger partial charge in [0.25, 0.3) is 0 Å². The number of piperazine rings is 1. The van der Waals surface area contributed by atoms with Crippen molar-refractivity contribution in [2.45, 2.75) is 6.04 Å². The Balaban J connectivity index is 0.00000300. The molecule has 0 amide bonds. The molecule has 1 unspecified atom stereocenters. The van der Waals surface area contributed by atoms with E-state index in [4.69, 9.17) is 4.74 Å². The van der Waals surface area contributed by atoms with Gasteiger partial charge in [0.2, 0.25) is 0 Å². The van der Waals surface area contributed by atoms with E-state index >= 15 is 0 Å². The largest absolute Gasteiger partial charge is 0.497 e. The average Bonchev–Trinajstić information content (AvgIpc) is 3.26. The number of benzene rings is 1. The summed E-state index contributed by atoms with van der Waals surface area (Å²) in [5, 5.41) is 7.08. The first kappa shape index (κ1) is 23.8. The quantitative estimate of drug-likeness (QED) is 0.353. The summed E-state index contributed by atoms with van der Waals surface area (Å²) in [7, 11) is 7.78. The number of guanidine groups is 1. The van der Waals surface area contributed by atoms with Gasteiger partial charge in [-0.3, -0.25) is 4.99 Å². The Morgan fingerprint density at radius 1 is 1.21 bits per heavy atom. The number of methoxy groups -OCH3 is 1. The van der Waals surface area contributed by atoms with E-state index < -0.39 is 0 Å². The summed E-state index contributed by atoms with van der Waals surface area (Å²) >= 11 is 1.81. The van der Waals surface area contributed by atoms with Crippen molar-refractivity contribution in [3.8, 4) is 5.75 Å². The van der Waals surface area contributed by atoms with Crippen LogP contribution in [0.4, 0.5) is 5.00 Å². The van der Waals surface area contributed by atoms with Gasteiger partial charge in [0.05, 0.1) is 18.2 Å². The highest BCUT2D eigenvalue weighted by molar-refractivity contribution is 14.0. The van der Waals surface area contributed by atoms with Gasteiger partial charge in [-0.2, -0.15) is 0 Å². The molecule has 1 aromatic carbocycles. The molecule has 2 heterocycles. The van der Waals surface area contributed by atoms with Crippen LogP contribution in [-0.2, 0) is 0 Å². The third-order valence-corrected chi connectivity index (χ3v) is 6.09. The van der Waals surface area contributed by atoms with Crippen molar-refractivity contribution in [1.29, 1.82) is 0 Å². The highest BCUT2D eigenvalue weighted by atomic mass is 127. The van der Waals surface area contributed by atoms with Gasteiger partial charge < -0.3 is 24.8 Å². The maximum absolute atomic E-state index is 5.39. The molecule has 2 aromatic rings. The first-order valence-corrected chi connectivity index (χ1v) is 10.5. The van der Waals surface area contributed by atoms with E-state index in [1.165, 1.54) is 10.6 Å². The number of thiophene rings is 1. The smallest absolute Gasteiger partial charge is 0.193 e. The molecule has 0 radical (unpaired) electrons. The van der Waals surface area contributed by atoms with E-state index in [1.54, 1.807) is 7.11 Å². The number of nitrogens with zero attached hydrogens (tertiary/aromatic N) is 4. The van der Waals surface area contributed by atoms with Crippen molar-refractivity contribution in [2.24, 2.45) is 4.99 Å². The molecule has 1 atom stereocenters. The highest BCUT2D eigenvalue weighted by Crippen LogP contribution is 2.23. The Morgan fingerprint density at radius 3 is 2.55 bits per heavy atom. The Kier molecular flexibility index (Phi) is 9.51. The second-order valence-corrected chi connectivity index (χ2v) is 8.04. The number of halogens is 1. The SMILES string of the molecule is CN=C(NCC(c1cccc(OC)c1)N(C)C)N1CCN(c2cccs2)CC1.I. The van der Waals surface area contributed by atoms with E-state index in [1.807, 2.05) is 30.5 Å². The Bertz CT molecular complexity index is 760. The van der Waals surface area contributed by atoms with Crippen molar-refractivity contribution < 1.29 is 4.74 Å². The lowest BCUT2D eigenvalue weighted by molar-refractivity contribution is 0.291. The molecule has 0 bridgehead atoms. The van der Waals surface area contributed by atoms with E-state index in [0.717, 1.165) is 44.4 Å². The highest BCUT2D eigenvalue weighted by Gasteiger charge is 2.22. The van der Waals surface area contributed by atoms with E-state index in [9.17, 15) is 0 Å². The molecular formula is C21H32IN5OS. The number of nitrogens with one attached hydrogen (secondary N) is 1. The van der Waals surface area contributed by atoms with Crippen LogP contribution in [0.3, 0.4) is 0 Å². The monoisotopic (exact) mass is 529 g/mol. The van der Waals surface area contributed by atoms with Crippen LogP contribution < -0.4 is 15.0 Å². The van der Waals surface area contributed by atoms with Gasteiger partial charge in [0, 0.05) is 39.8 Å². The molecular weight excluding hydrogens is 497 g/mol. The van der Waals surface area contributed by atoms with E-state index in [2.05, 4.69) is 68.7 Å². The van der Waals surface area contributed by atoms with Gasteiger partial charge in [-0.1, -0.05) is 12.1 Å². The number of hydrogen-bond donors (Lipinski definition) is 1. The normalized spacial score (nSPS) is 15.8. The zero-order chi connectivity index (χ0) is 19.9. The van der Waals surface area contributed by atoms with Gasteiger partial charge in [-0.25, -0.2) is 0 Å². The van der Waals surface area contributed by atoms with Crippen LogP contribution in [0.2, 0.25) is 0 Å². The summed E-state index contributed by atoms with van der Waals surface area (Å²) in [6.07, 6.45) is 0. The van der Waals surface area contributed by atoms with Crippen LogP contribution in [0.25, 0.3) is 0 Å². The van der Waals surface area contributed by atoms with Crippen LogP contribution in [0, 0.1) is 0 Å². The number of ether oxygens (including phenoxy) is 1. The van der Waals surface area contributed by atoms with Crippen molar-refractivity contribution in [3.63, 3.8) is 0 Å². The minimum atomic E-state index is 0. The maximum atomic E-state index is 5.39. The van der Waals surface area contributed by atoms with Gasteiger partial charge in [0.15, 0.2) is 5.96 Å². The Morgan fingerprint density at radius 2 is 1.97 bits per heavy atom. The summed E-state index contributed by atoms with van der Waals surface area (Å²) in [4.78, 5) is 11.6. The second kappa shape index (κ2) is 11.6. The molecule has 3 rings (SSSR count). The molecule has 0 saturated carbocycles. The second-order valence-electron chi connectivity index (χ2n) is 7.11. The number of anilines is 1. The molecule has 8 heteroatoms. The van der Waals surface area contributed by atoms with Crippen LogP contribution >= 0.6 is 35.3 Å². The van der Waals surface area contributed by atoms with Gasteiger partial charge in [-0.05, 0) is 49.3 Å². The van der Waals surface area contributed by atoms with E-state index in [-0.39, 0.29) is 30.0 Å². The van der Waals surface area contributed by atoms with E-state index in [0.29, 0.717) is 0 Å². The zero-order valence-electron chi connectivity index (χ0n) is 17.7. The number of hydrogen-bond acceptors (Lipinski definition) is 5. The maximum Gasteiger partial charge on any atom is 0.193 e. The average molecular weight is 529 g/mol. The number of rotatable bonds is 6. The molecule has 1 N–H and O–H groups in total. The molecule has 160 valence electrons. The first-order valence-electron chi connectivity index (χ1n) is 9.66. The summed E-state index contributed by atoms with van der Waals surface area (Å²) in [5.74, 6) is 1.86. The Hall–Kier alpha value is -1.52. The molecule has 1 fully saturated rings. The summed E-state index contributed by atoms with van der Waals surface area (Å²) in [5.41, 5.74) is 1.23. The van der Waals surface area contributed by atoms with Crippen LogP contribution in [-0.4, -0.2) is 76.7 Å². The third kappa shape index (κ3) is 6.23. The predicted octanol–water partition coefficient (Wildman–Crippen LogP) is 3.38. The third-order valence-electron chi connectivity index (χ3n) is 5.16. The lowest BCUT2D eigenvalue weighted by Gasteiger charge is -2.37. The fraction of sp³-hybridized carbons (Fsp3) is 0.476. The van der Waals surface area contributed by atoms with Crippen molar-refractivity contribution >= 4 is 46.3 Å². The predicted molar refractivity (Wildman–Crippen MR) is 134 cm³/mol. The molecule has 1 aliphatic rings. The minimum Gasteiger partial charge on any atom is -0.497 e. The molecule has 1 aromatic heterocycles. The van der Waals surface area contributed by atoms with Crippen LogP contribution in [0.15, 0.2) is 46.8 Å². The molecule has 0 aliphatic carbocycles. The molecule has 0 spiro atoms. The lowest BCUT2D eigenvalue weighted by atomic mass is 10.1. The molecule has 6 nitrogen and oxygen atoms in total. The zero-order valence-corrected chi connectivity index (χ0v) is 20.8. The van der Waals surface area contributed by atoms with Gasteiger partial charge >= 0.3 is 0 Å². The fourth-order valence-corrected chi connectivity index (χ4v) is 4.34. The Labute approximate surface area is 195 Å². The number of likely N-dealkylation sites (N-methyl/N-ethyl adjacent to an activating group) is 1. The van der Waals surface area contributed by atoms with Crippen molar-refractivity contribution in [3.05, 3.63) is 47.3 Å². The minimum absolute atomic E-state index is 0. The van der Waals surface area contributed by atoms with Crippen LogP contribution in [0.1, 0.15) is 11.6 Å². The lowest BCUT2D eigenvalue weighted by Crippen LogP contribution is -2.53. The summed E-state index contributed by atoms with van der Waals surface area (Å²) in [6.45, 7) is 4.78. The molecule has 1 saturated heterocycles. The van der Waals surface area contributed by atoms with Crippen molar-refractivity contribution in [1.82, 2.24) is 15.1 Å².